The van der Waals surface area contributed by atoms with Crippen LogP contribution in [0.3, 0.4) is 0 Å². The molecule has 100 valence electrons. The Morgan fingerprint density at radius 3 is 2.59 bits per heavy atom. The summed E-state index contributed by atoms with van der Waals surface area (Å²) in [6, 6.07) is 1.50. The van der Waals surface area contributed by atoms with Crippen molar-refractivity contribution in [3.8, 4) is 0 Å². The number of hydrogen-bond acceptors (Lipinski definition) is 2. The van der Waals surface area contributed by atoms with Crippen molar-refractivity contribution >= 4 is 0 Å². The number of likely N-dealkylation sites (tertiary alicyclic amines) is 1. The van der Waals surface area contributed by atoms with Gasteiger partial charge in [-0.2, -0.15) is 0 Å². The summed E-state index contributed by atoms with van der Waals surface area (Å²) in [5.41, 5.74) is 0. The van der Waals surface area contributed by atoms with Gasteiger partial charge in [0, 0.05) is 18.6 Å². The largest absolute Gasteiger partial charge is 0.393 e. The molecular weight excluding hydrogens is 210 g/mol. The third-order valence-corrected chi connectivity index (χ3v) is 5.07. The summed E-state index contributed by atoms with van der Waals surface area (Å²) in [4.78, 5) is 2.67. The molecule has 0 aromatic carbocycles. The summed E-state index contributed by atoms with van der Waals surface area (Å²) >= 11 is 0. The van der Waals surface area contributed by atoms with Crippen LogP contribution in [0, 0.1) is 11.8 Å². The van der Waals surface area contributed by atoms with E-state index in [9.17, 15) is 5.11 Å². The summed E-state index contributed by atoms with van der Waals surface area (Å²) in [5, 5.41) is 10.2. The fourth-order valence-electron chi connectivity index (χ4n) is 3.84. The highest BCUT2D eigenvalue weighted by Crippen LogP contribution is 2.33. The van der Waals surface area contributed by atoms with Crippen molar-refractivity contribution in [3.63, 3.8) is 0 Å². The van der Waals surface area contributed by atoms with E-state index in [4.69, 9.17) is 0 Å². The second kappa shape index (κ2) is 5.71. The Hall–Kier alpha value is -0.0800. The van der Waals surface area contributed by atoms with Crippen LogP contribution in [0.5, 0.6) is 0 Å². The second-order valence-corrected chi connectivity index (χ2v) is 6.43. The van der Waals surface area contributed by atoms with Crippen LogP contribution in [0.25, 0.3) is 0 Å². The van der Waals surface area contributed by atoms with Crippen molar-refractivity contribution in [2.45, 2.75) is 77.5 Å². The van der Waals surface area contributed by atoms with Crippen molar-refractivity contribution in [1.29, 1.82) is 0 Å². The average Bonchev–Trinajstić information content (AvgIpc) is 2.65. The molecule has 0 amide bonds. The van der Waals surface area contributed by atoms with Crippen LogP contribution in [0.4, 0.5) is 0 Å². The molecule has 2 heteroatoms. The minimum absolute atomic E-state index is 0.0449. The lowest BCUT2D eigenvalue weighted by molar-refractivity contribution is 0.0210. The van der Waals surface area contributed by atoms with E-state index < -0.39 is 0 Å². The van der Waals surface area contributed by atoms with E-state index in [-0.39, 0.29) is 6.10 Å². The Bertz CT molecular complexity index is 243. The number of nitrogens with zero attached hydrogens (tertiary/aromatic N) is 1. The standard InChI is InChI=1S/C15H29NO/c1-4-14-7-6-12(3)16(14)10-13-9-11(2)5-8-15(13)17/h11-15,17H,4-10H2,1-3H3. The summed E-state index contributed by atoms with van der Waals surface area (Å²) < 4.78 is 0. The molecule has 0 radical (unpaired) electrons. The predicted octanol–water partition coefficient (Wildman–Crippen LogP) is 3.05. The minimum Gasteiger partial charge on any atom is -0.393 e. The lowest BCUT2D eigenvalue weighted by atomic mass is 9.80. The van der Waals surface area contributed by atoms with Crippen LogP contribution in [0.15, 0.2) is 0 Å². The maximum atomic E-state index is 10.2. The molecule has 0 aromatic rings. The zero-order chi connectivity index (χ0) is 12.4. The third-order valence-electron chi connectivity index (χ3n) is 5.07. The number of rotatable bonds is 3. The number of aliphatic hydroxyl groups excluding tert-OH is 1. The molecule has 17 heavy (non-hydrogen) atoms. The van der Waals surface area contributed by atoms with E-state index in [0.717, 1.165) is 31.0 Å². The van der Waals surface area contributed by atoms with Gasteiger partial charge in [0.05, 0.1) is 6.10 Å². The lowest BCUT2D eigenvalue weighted by Crippen LogP contribution is -2.43. The SMILES string of the molecule is CCC1CCC(C)N1CC1CC(C)CCC1O. The van der Waals surface area contributed by atoms with Gasteiger partial charge >= 0.3 is 0 Å². The monoisotopic (exact) mass is 239 g/mol. The molecule has 1 saturated heterocycles. The molecule has 0 bridgehead atoms. The zero-order valence-electron chi connectivity index (χ0n) is 11.7. The highest BCUT2D eigenvalue weighted by atomic mass is 16.3. The van der Waals surface area contributed by atoms with Gasteiger partial charge in [-0.3, -0.25) is 4.90 Å². The molecule has 1 N–H and O–H groups in total. The van der Waals surface area contributed by atoms with Crippen LogP contribution in [-0.4, -0.2) is 34.7 Å². The molecule has 5 atom stereocenters. The Balaban J connectivity index is 1.94. The molecule has 5 unspecified atom stereocenters. The van der Waals surface area contributed by atoms with E-state index in [2.05, 4.69) is 25.7 Å². The molecule has 2 aliphatic rings. The van der Waals surface area contributed by atoms with Crippen molar-refractivity contribution in [2.24, 2.45) is 11.8 Å². The summed E-state index contributed by atoms with van der Waals surface area (Å²) in [6.45, 7) is 8.12. The number of hydrogen-bond donors (Lipinski definition) is 1. The highest BCUT2D eigenvalue weighted by molar-refractivity contribution is 4.88. The first-order chi connectivity index (χ1) is 8.11. The second-order valence-electron chi connectivity index (χ2n) is 6.43. The molecule has 0 aromatic heterocycles. The topological polar surface area (TPSA) is 23.5 Å². The fraction of sp³-hybridized carbons (Fsp3) is 1.00. The molecule has 1 aliphatic carbocycles. The molecule has 1 heterocycles. The van der Waals surface area contributed by atoms with E-state index >= 15 is 0 Å². The molecule has 2 fully saturated rings. The fourth-order valence-corrected chi connectivity index (χ4v) is 3.84. The van der Waals surface area contributed by atoms with Crippen LogP contribution < -0.4 is 0 Å². The summed E-state index contributed by atoms with van der Waals surface area (Å²) in [7, 11) is 0. The van der Waals surface area contributed by atoms with Crippen LogP contribution in [0.2, 0.25) is 0 Å². The lowest BCUT2D eigenvalue weighted by Gasteiger charge is -2.37. The van der Waals surface area contributed by atoms with Crippen LogP contribution in [0.1, 0.15) is 59.3 Å². The van der Waals surface area contributed by atoms with Gasteiger partial charge in [-0.1, -0.05) is 13.8 Å². The zero-order valence-corrected chi connectivity index (χ0v) is 11.7. The summed E-state index contributed by atoms with van der Waals surface area (Å²) in [5.74, 6) is 1.33. The predicted molar refractivity (Wildman–Crippen MR) is 72.0 cm³/mol. The van der Waals surface area contributed by atoms with Crippen molar-refractivity contribution in [1.82, 2.24) is 4.90 Å². The van der Waals surface area contributed by atoms with Gasteiger partial charge in [0.25, 0.3) is 0 Å². The average molecular weight is 239 g/mol. The Labute approximate surface area is 106 Å². The third kappa shape index (κ3) is 3.03. The van der Waals surface area contributed by atoms with Crippen molar-refractivity contribution in [2.75, 3.05) is 6.54 Å². The maximum absolute atomic E-state index is 10.2. The smallest absolute Gasteiger partial charge is 0.0580 e. The Morgan fingerprint density at radius 1 is 1.12 bits per heavy atom. The Morgan fingerprint density at radius 2 is 1.88 bits per heavy atom. The molecular formula is C15H29NO. The van der Waals surface area contributed by atoms with Crippen molar-refractivity contribution in [3.05, 3.63) is 0 Å². The van der Waals surface area contributed by atoms with E-state index in [1.165, 1.54) is 32.1 Å². The van der Waals surface area contributed by atoms with Gasteiger partial charge in [-0.05, 0) is 57.3 Å². The molecule has 2 rings (SSSR count). The molecule has 2 nitrogen and oxygen atoms in total. The molecule has 0 spiro atoms. The van der Waals surface area contributed by atoms with E-state index in [1.54, 1.807) is 0 Å². The minimum atomic E-state index is -0.0449. The highest BCUT2D eigenvalue weighted by Gasteiger charge is 2.34. The Kier molecular flexibility index (Phi) is 4.48. The molecule has 1 saturated carbocycles. The normalized spacial score (nSPS) is 44.1. The van der Waals surface area contributed by atoms with Gasteiger partial charge in [-0.25, -0.2) is 0 Å². The first-order valence-corrected chi connectivity index (χ1v) is 7.55. The van der Waals surface area contributed by atoms with Crippen LogP contribution in [-0.2, 0) is 0 Å². The number of aliphatic hydroxyl groups is 1. The molecule has 1 aliphatic heterocycles. The van der Waals surface area contributed by atoms with Gasteiger partial charge in [0.1, 0.15) is 0 Å². The van der Waals surface area contributed by atoms with E-state index in [1.807, 2.05) is 0 Å². The first kappa shape index (κ1) is 13.4. The first-order valence-electron chi connectivity index (χ1n) is 7.55. The van der Waals surface area contributed by atoms with Gasteiger partial charge in [0.2, 0.25) is 0 Å². The van der Waals surface area contributed by atoms with Gasteiger partial charge in [0.15, 0.2) is 0 Å². The van der Waals surface area contributed by atoms with Gasteiger partial charge < -0.3 is 5.11 Å². The van der Waals surface area contributed by atoms with Crippen LogP contribution >= 0.6 is 0 Å². The quantitative estimate of drug-likeness (QED) is 0.818. The maximum Gasteiger partial charge on any atom is 0.0580 e. The van der Waals surface area contributed by atoms with E-state index in [0.29, 0.717) is 5.92 Å². The van der Waals surface area contributed by atoms with Gasteiger partial charge in [-0.15, -0.1) is 0 Å². The summed E-state index contributed by atoms with van der Waals surface area (Å²) in [6.07, 6.45) is 7.38. The van der Waals surface area contributed by atoms with Crippen molar-refractivity contribution < 1.29 is 5.11 Å².